The second-order valence-electron chi connectivity index (χ2n) is 4.93. The van der Waals surface area contributed by atoms with Crippen LogP contribution in [0.1, 0.15) is 27.5 Å². The summed E-state index contributed by atoms with van der Waals surface area (Å²) in [5.41, 5.74) is 2.55. The molecular formula is C18H18N2OS. The van der Waals surface area contributed by atoms with Crippen molar-refractivity contribution < 1.29 is 4.79 Å². The van der Waals surface area contributed by atoms with E-state index in [2.05, 4.69) is 11.4 Å². The highest BCUT2D eigenvalue weighted by Gasteiger charge is 2.15. The average molecular weight is 310 g/mol. The zero-order chi connectivity index (χ0) is 15.8. The Labute approximate surface area is 135 Å². The molecule has 0 aliphatic heterocycles. The Bertz CT molecular complexity index is 664. The van der Waals surface area contributed by atoms with E-state index >= 15 is 0 Å². The van der Waals surface area contributed by atoms with E-state index in [1.54, 1.807) is 23.9 Å². The van der Waals surface area contributed by atoms with Crippen LogP contribution in [0.5, 0.6) is 0 Å². The third-order valence-corrected chi connectivity index (χ3v) is 3.98. The lowest BCUT2D eigenvalue weighted by molar-refractivity contribution is 0.0940. The fourth-order valence-electron chi connectivity index (χ4n) is 2.23. The first-order chi connectivity index (χ1) is 10.7. The molecule has 1 amide bonds. The molecule has 0 fully saturated rings. The van der Waals surface area contributed by atoms with Gasteiger partial charge in [0, 0.05) is 11.3 Å². The Hall–Kier alpha value is -2.25. The van der Waals surface area contributed by atoms with Gasteiger partial charge in [-0.2, -0.15) is 17.0 Å². The van der Waals surface area contributed by atoms with Crippen molar-refractivity contribution in [2.24, 2.45) is 0 Å². The molecule has 0 aliphatic carbocycles. The van der Waals surface area contributed by atoms with Crippen molar-refractivity contribution >= 4 is 17.7 Å². The number of hydrogen-bond donors (Lipinski definition) is 1. The Morgan fingerprint density at radius 2 is 2.00 bits per heavy atom. The molecule has 0 bridgehead atoms. The molecule has 2 aromatic carbocycles. The lowest BCUT2D eigenvalue weighted by Gasteiger charge is -2.18. The van der Waals surface area contributed by atoms with Crippen LogP contribution in [0.4, 0.5) is 0 Å². The topological polar surface area (TPSA) is 52.9 Å². The molecule has 2 aromatic rings. The quantitative estimate of drug-likeness (QED) is 0.887. The maximum atomic E-state index is 12.5. The van der Waals surface area contributed by atoms with Gasteiger partial charge in [-0.15, -0.1) is 0 Å². The lowest BCUT2D eigenvalue weighted by atomic mass is 10.1. The molecule has 0 aliphatic rings. The summed E-state index contributed by atoms with van der Waals surface area (Å²) in [6.07, 6.45) is 2.34. The molecule has 1 atom stereocenters. The van der Waals surface area contributed by atoms with Crippen molar-refractivity contribution in [3.63, 3.8) is 0 Å². The molecule has 2 rings (SSSR count). The maximum absolute atomic E-state index is 12.5. The van der Waals surface area contributed by atoms with Crippen LogP contribution in [0.15, 0.2) is 54.6 Å². The molecule has 3 nitrogen and oxygen atoms in total. The van der Waals surface area contributed by atoms with Crippen LogP contribution in [0.3, 0.4) is 0 Å². The maximum Gasteiger partial charge on any atom is 0.251 e. The molecule has 0 saturated heterocycles. The summed E-state index contributed by atoms with van der Waals surface area (Å²) in [7, 11) is 0. The summed E-state index contributed by atoms with van der Waals surface area (Å²) in [5, 5.41) is 11.8. The van der Waals surface area contributed by atoms with Crippen LogP contribution in [0, 0.1) is 11.3 Å². The number of nitrogens with one attached hydrogen (secondary N) is 1. The first kappa shape index (κ1) is 16.1. The molecule has 0 saturated carbocycles. The van der Waals surface area contributed by atoms with Gasteiger partial charge in [-0.1, -0.05) is 42.5 Å². The first-order valence-electron chi connectivity index (χ1n) is 7.05. The normalized spacial score (nSPS) is 11.5. The number of carbonyl (C=O) groups is 1. The van der Waals surface area contributed by atoms with Crippen molar-refractivity contribution in [2.45, 2.75) is 12.5 Å². The molecule has 0 spiro atoms. The van der Waals surface area contributed by atoms with Gasteiger partial charge in [-0.25, -0.2) is 0 Å². The van der Waals surface area contributed by atoms with Gasteiger partial charge < -0.3 is 5.32 Å². The molecule has 112 valence electrons. The Kier molecular flexibility index (Phi) is 6.05. The van der Waals surface area contributed by atoms with Gasteiger partial charge in [0.25, 0.3) is 5.91 Å². The van der Waals surface area contributed by atoms with Crippen molar-refractivity contribution in [3.05, 3.63) is 71.3 Å². The van der Waals surface area contributed by atoms with Gasteiger partial charge in [-0.05, 0) is 29.5 Å². The largest absolute Gasteiger partial charge is 0.344 e. The van der Waals surface area contributed by atoms with Crippen LogP contribution >= 0.6 is 11.8 Å². The number of rotatable bonds is 6. The monoisotopic (exact) mass is 310 g/mol. The van der Waals surface area contributed by atoms with E-state index in [9.17, 15) is 4.79 Å². The SMILES string of the molecule is CSCC(NC(=O)c1cccc(CC#N)c1)c1ccccc1. The molecule has 0 radical (unpaired) electrons. The van der Waals surface area contributed by atoms with Crippen molar-refractivity contribution in [3.8, 4) is 6.07 Å². The van der Waals surface area contributed by atoms with Crippen molar-refractivity contribution in [1.29, 1.82) is 5.26 Å². The second-order valence-corrected chi connectivity index (χ2v) is 5.84. The van der Waals surface area contributed by atoms with Crippen molar-refractivity contribution in [2.75, 3.05) is 12.0 Å². The number of hydrogen-bond acceptors (Lipinski definition) is 3. The summed E-state index contributed by atoms with van der Waals surface area (Å²) in [5.74, 6) is 0.705. The minimum absolute atomic E-state index is 0.0247. The summed E-state index contributed by atoms with van der Waals surface area (Å²) >= 11 is 1.70. The number of benzene rings is 2. The Morgan fingerprint density at radius 3 is 2.68 bits per heavy atom. The molecule has 0 aromatic heterocycles. The highest BCUT2D eigenvalue weighted by molar-refractivity contribution is 7.98. The van der Waals surface area contributed by atoms with Crippen LogP contribution in [0.2, 0.25) is 0 Å². The smallest absolute Gasteiger partial charge is 0.251 e. The van der Waals surface area contributed by atoms with Gasteiger partial charge in [0.15, 0.2) is 0 Å². The van der Waals surface area contributed by atoms with Gasteiger partial charge in [0.2, 0.25) is 0 Å². The number of thioether (sulfide) groups is 1. The van der Waals surface area contributed by atoms with Gasteiger partial charge in [0.1, 0.15) is 0 Å². The lowest BCUT2D eigenvalue weighted by Crippen LogP contribution is -2.30. The van der Waals surface area contributed by atoms with E-state index in [0.717, 1.165) is 16.9 Å². The molecule has 1 unspecified atom stereocenters. The minimum atomic E-state index is -0.109. The zero-order valence-electron chi connectivity index (χ0n) is 12.5. The minimum Gasteiger partial charge on any atom is -0.344 e. The van der Waals surface area contributed by atoms with Gasteiger partial charge in [0.05, 0.1) is 18.5 Å². The average Bonchev–Trinajstić information content (AvgIpc) is 2.56. The van der Waals surface area contributed by atoms with E-state index in [1.165, 1.54) is 0 Å². The van der Waals surface area contributed by atoms with Crippen LogP contribution in [0.25, 0.3) is 0 Å². The number of amides is 1. The molecule has 0 heterocycles. The van der Waals surface area contributed by atoms with Crippen LogP contribution in [-0.4, -0.2) is 17.9 Å². The number of carbonyl (C=O) groups excluding carboxylic acids is 1. The van der Waals surface area contributed by atoms with Crippen LogP contribution < -0.4 is 5.32 Å². The molecular weight excluding hydrogens is 292 g/mol. The summed E-state index contributed by atoms with van der Waals surface area (Å²) in [6.45, 7) is 0. The van der Waals surface area contributed by atoms with E-state index < -0.39 is 0 Å². The van der Waals surface area contributed by atoms with Crippen LogP contribution in [-0.2, 0) is 6.42 Å². The Balaban J connectivity index is 2.15. The second kappa shape index (κ2) is 8.26. The van der Waals surface area contributed by atoms with E-state index in [0.29, 0.717) is 12.0 Å². The van der Waals surface area contributed by atoms with E-state index in [4.69, 9.17) is 5.26 Å². The highest BCUT2D eigenvalue weighted by Crippen LogP contribution is 2.18. The highest BCUT2D eigenvalue weighted by atomic mass is 32.2. The summed E-state index contributed by atoms with van der Waals surface area (Å²) in [6, 6.07) is 19.3. The standard InChI is InChI=1S/C18H18N2OS/c1-22-13-17(15-7-3-2-4-8-15)20-18(21)16-9-5-6-14(12-16)10-11-19/h2-9,12,17H,10,13H2,1H3,(H,20,21). The fourth-order valence-corrected chi connectivity index (χ4v) is 2.84. The van der Waals surface area contributed by atoms with Crippen molar-refractivity contribution in [1.82, 2.24) is 5.32 Å². The molecule has 4 heteroatoms. The van der Waals surface area contributed by atoms with Gasteiger partial charge >= 0.3 is 0 Å². The predicted octanol–water partition coefficient (Wildman–Crippen LogP) is 3.59. The molecule has 1 N–H and O–H groups in total. The van der Waals surface area contributed by atoms with E-state index in [1.807, 2.05) is 48.7 Å². The fraction of sp³-hybridized carbons (Fsp3) is 0.222. The first-order valence-corrected chi connectivity index (χ1v) is 8.44. The third-order valence-electron chi connectivity index (χ3n) is 3.31. The van der Waals surface area contributed by atoms with E-state index in [-0.39, 0.29) is 11.9 Å². The van der Waals surface area contributed by atoms with Gasteiger partial charge in [-0.3, -0.25) is 4.79 Å². The zero-order valence-corrected chi connectivity index (χ0v) is 13.3. The summed E-state index contributed by atoms with van der Waals surface area (Å²) < 4.78 is 0. The number of nitrogens with zero attached hydrogens (tertiary/aromatic N) is 1. The summed E-state index contributed by atoms with van der Waals surface area (Å²) in [4.78, 5) is 12.5. The number of nitriles is 1. The third kappa shape index (κ3) is 4.37. The predicted molar refractivity (Wildman–Crippen MR) is 90.8 cm³/mol. The Morgan fingerprint density at radius 1 is 1.23 bits per heavy atom. The molecule has 22 heavy (non-hydrogen) atoms.